The molecule has 0 saturated carbocycles. The second-order valence-corrected chi connectivity index (χ2v) is 5.12. The molecule has 0 heterocycles. The Morgan fingerprint density at radius 2 is 1.78 bits per heavy atom. The van der Waals surface area contributed by atoms with Crippen LogP contribution in [-0.2, 0) is 0 Å². The molecule has 0 radical (unpaired) electrons. The summed E-state index contributed by atoms with van der Waals surface area (Å²) in [5.41, 5.74) is 6.87. The van der Waals surface area contributed by atoms with Crippen molar-refractivity contribution in [2.24, 2.45) is 5.73 Å². The zero-order valence-corrected chi connectivity index (χ0v) is 10.7. The Balaban J connectivity index is 2.31. The van der Waals surface area contributed by atoms with Crippen molar-refractivity contribution < 1.29 is 8.78 Å². The molecule has 0 unspecified atom stereocenters. The highest BCUT2D eigenvalue weighted by molar-refractivity contribution is 7.99. The highest BCUT2D eigenvalue weighted by Gasteiger charge is 2.09. The average Bonchev–Trinajstić information content (AvgIpc) is 2.34. The Kier molecular flexibility index (Phi) is 3.99. The van der Waals surface area contributed by atoms with Crippen LogP contribution in [0, 0.1) is 11.6 Å². The lowest BCUT2D eigenvalue weighted by atomic mass is 10.1. The molecule has 0 aliphatic heterocycles. The molecule has 0 bridgehead atoms. The smallest absolute Gasteiger partial charge is 0.159 e. The standard InChI is InChI=1S/C14H13F2NS/c1-9(17)11-4-2-3-5-14(11)18-10-6-7-12(15)13(16)8-10/h2-9H,17H2,1H3/t9-/m1/s1. The normalized spacial score (nSPS) is 12.4. The van der Waals surface area contributed by atoms with Crippen molar-refractivity contribution in [1.82, 2.24) is 0 Å². The van der Waals surface area contributed by atoms with Crippen LogP contribution >= 0.6 is 11.8 Å². The van der Waals surface area contributed by atoms with Crippen LogP contribution in [-0.4, -0.2) is 0 Å². The van der Waals surface area contributed by atoms with E-state index in [1.54, 1.807) is 6.07 Å². The van der Waals surface area contributed by atoms with E-state index in [1.807, 2.05) is 31.2 Å². The minimum atomic E-state index is -0.835. The average molecular weight is 265 g/mol. The van der Waals surface area contributed by atoms with E-state index in [0.29, 0.717) is 4.90 Å². The van der Waals surface area contributed by atoms with Gasteiger partial charge in [-0.05, 0) is 36.8 Å². The fraction of sp³-hybridized carbons (Fsp3) is 0.143. The molecule has 2 aromatic carbocycles. The summed E-state index contributed by atoms with van der Waals surface area (Å²) in [5, 5.41) is 0. The van der Waals surface area contributed by atoms with E-state index in [0.717, 1.165) is 16.5 Å². The van der Waals surface area contributed by atoms with Crippen LogP contribution in [0.4, 0.5) is 8.78 Å². The number of hydrogen-bond acceptors (Lipinski definition) is 2. The molecule has 0 saturated heterocycles. The lowest BCUT2D eigenvalue weighted by Crippen LogP contribution is -2.05. The fourth-order valence-corrected chi connectivity index (χ4v) is 2.69. The second-order valence-electron chi connectivity index (χ2n) is 4.00. The van der Waals surface area contributed by atoms with Gasteiger partial charge in [0.1, 0.15) is 0 Å². The van der Waals surface area contributed by atoms with E-state index in [-0.39, 0.29) is 6.04 Å². The number of nitrogens with two attached hydrogens (primary N) is 1. The van der Waals surface area contributed by atoms with Crippen LogP contribution in [0.1, 0.15) is 18.5 Å². The van der Waals surface area contributed by atoms with Crippen LogP contribution in [0.5, 0.6) is 0 Å². The SMILES string of the molecule is C[C@@H](N)c1ccccc1Sc1ccc(F)c(F)c1. The van der Waals surface area contributed by atoms with Crippen molar-refractivity contribution in [1.29, 1.82) is 0 Å². The topological polar surface area (TPSA) is 26.0 Å². The molecule has 1 atom stereocenters. The Bertz CT molecular complexity index is 555. The Morgan fingerprint density at radius 1 is 1.06 bits per heavy atom. The molecule has 2 N–H and O–H groups in total. The molecule has 1 nitrogen and oxygen atoms in total. The second kappa shape index (κ2) is 5.50. The zero-order valence-electron chi connectivity index (χ0n) is 9.86. The number of rotatable bonds is 3. The van der Waals surface area contributed by atoms with Crippen molar-refractivity contribution in [3.8, 4) is 0 Å². The van der Waals surface area contributed by atoms with Crippen molar-refractivity contribution in [2.45, 2.75) is 22.8 Å². The lowest BCUT2D eigenvalue weighted by molar-refractivity contribution is 0.506. The minimum absolute atomic E-state index is 0.0982. The van der Waals surface area contributed by atoms with Gasteiger partial charge in [0.2, 0.25) is 0 Å². The Morgan fingerprint density at radius 3 is 2.44 bits per heavy atom. The zero-order chi connectivity index (χ0) is 13.1. The number of benzene rings is 2. The molecule has 18 heavy (non-hydrogen) atoms. The summed E-state index contributed by atoms with van der Waals surface area (Å²) in [6, 6.07) is 11.4. The number of halogens is 2. The fourth-order valence-electron chi connectivity index (χ4n) is 1.62. The predicted molar refractivity (Wildman–Crippen MR) is 69.5 cm³/mol. The van der Waals surface area contributed by atoms with Gasteiger partial charge in [-0.1, -0.05) is 30.0 Å². The first kappa shape index (κ1) is 13.1. The van der Waals surface area contributed by atoms with Gasteiger partial charge < -0.3 is 5.73 Å². The van der Waals surface area contributed by atoms with Crippen molar-refractivity contribution in [3.05, 3.63) is 59.7 Å². The van der Waals surface area contributed by atoms with Gasteiger partial charge in [0.25, 0.3) is 0 Å². The Hall–Kier alpha value is -1.39. The highest BCUT2D eigenvalue weighted by Crippen LogP contribution is 2.33. The third-order valence-corrected chi connectivity index (χ3v) is 3.61. The summed E-state index contributed by atoms with van der Waals surface area (Å²) in [7, 11) is 0. The maximum atomic E-state index is 13.1. The summed E-state index contributed by atoms with van der Waals surface area (Å²) in [6.45, 7) is 1.89. The van der Waals surface area contributed by atoms with Gasteiger partial charge in [-0.2, -0.15) is 0 Å². The largest absolute Gasteiger partial charge is 0.324 e. The van der Waals surface area contributed by atoms with Crippen LogP contribution in [0.25, 0.3) is 0 Å². The first-order valence-corrected chi connectivity index (χ1v) is 6.37. The first-order chi connectivity index (χ1) is 8.58. The third kappa shape index (κ3) is 2.89. The van der Waals surface area contributed by atoms with E-state index in [4.69, 9.17) is 5.73 Å². The molecule has 2 aromatic rings. The summed E-state index contributed by atoms with van der Waals surface area (Å²) in [5.74, 6) is -1.67. The summed E-state index contributed by atoms with van der Waals surface area (Å²) < 4.78 is 26.0. The van der Waals surface area contributed by atoms with Gasteiger partial charge >= 0.3 is 0 Å². The molecule has 0 aliphatic carbocycles. The quantitative estimate of drug-likeness (QED) is 0.902. The predicted octanol–water partition coefficient (Wildman–Crippen LogP) is 4.14. The molecule has 0 spiro atoms. The van der Waals surface area contributed by atoms with Crippen LogP contribution in [0.2, 0.25) is 0 Å². The van der Waals surface area contributed by atoms with Gasteiger partial charge in [-0.15, -0.1) is 0 Å². The molecule has 2 rings (SSSR count). The van der Waals surface area contributed by atoms with Crippen molar-refractivity contribution in [3.63, 3.8) is 0 Å². The minimum Gasteiger partial charge on any atom is -0.324 e. The molecule has 4 heteroatoms. The van der Waals surface area contributed by atoms with Gasteiger partial charge in [-0.25, -0.2) is 8.78 Å². The summed E-state index contributed by atoms with van der Waals surface area (Å²) in [4.78, 5) is 1.61. The van der Waals surface area contributed by atoms with Gasteiger partial charge in [0, 0.05) is 15.8 Å². The van der Waals surface area contributed by atoms with Crippen LogP contribution in [0.15, 0.2) is 52.3 Å². The van der Waals surface area contributed by atoms with Crippen LogP contribution in [0.3, 0.4) is 0 Å². The molecule has 94 valence electrons. The monoisotopic (exact) mass is 265 g/mol. The van der Waals surface area contributed by atoms with Gasteiger partial charge in [0.15, 0.2) is 11.6 Å². The van der Waals surface area contributed by atoms with E-state index in [2.05, 4.69) is 0 Å². The summed E-state index contributed by atoms with van der Waals surface area (Å²) in [6.07, 6.45) is 0. The van der Waals surface area contributed by atoms with Gasteiger partial charge in [-0.3, -0.25) is 0 Å². The van der Waals surface area contributed by atoms with Crippen LogP contribution < -0.4 is 5.73 Å². The first-order valence-electron chi connectivity index (χ1n) is 5.55. The van der Waals surface area contributed by atoms with E-state index >= 15 is 0 Å². The molecule has 0 aliphatic rings. The maximum absolute atomic E-state index is 13.1. The van der Waals surface area contributed by atoms with E-state index < -0.39 is 11.6 Å². The van der Waals surface area contributed by atoms with E-state index in [9.17, 15) is 8.78 Å². The number of hydrogen-bond donors (Lipinski definition) is 1. The summed E-state index contributed by atoms with van der Waals surface area (Å²) >= 11 is 1.38. The van der Waals surface area contributed by atoms with Crippen molar-refractivity contribution >= 4 is 11.8 Å². The Labute approximate surface area is 109 Å². The van der Waals surface area contributed by atoms with Crippen molar-refractivity contribution in [2.75, 3.05) is 0 Å². The van der Waals surface area contributed by atoms with E-state index in [1.165, 1.54) is 17.8 Å². The lowest BCUT2D eigenvalue weighted by Gasteiger charge is -2.12. The highest BCUT2D eigenvalue weighted by atomic mass is 32.2. The van der Waals surface area contributed by atoms with Gasteiger partial charge in [0.05, 0.1) is 0 Å². The maximum Gasteiger partial charge on any atom is 0.159 e. The molecule has 0 fully saturated rings. The molecule has 0 aromatic heterocycles. The molecular formula is C14H13F2NS. The molecule has 0 amide bonds. The molecular weight excluding hydrogens is 252 g/mol. The third-order valence-electron chi connectivity index (χ3n) is 2.53.